The fraction of sp³-hybridized carbons (Fsp3) is 0.667. The largest absolute Gasteiger partial charge is 0.504 e. The minimum Gasteiger partial charge on any atom is -0.357 e. The lowest BCUT2D eigenvalue weighted by atomic mass is 10.2. The van der Waals surface area contributed by atoms with Crippen LogP contribution in [0.15, 0.2) is 0 Å². The topological polar surface area (TPSA) is 55.4 Å². The zero-order valence-electron chi connectivity index (χ0n) is 29.2. The van der Waals surface area contributed by atoms with Gasteiger partial charge in [-0.1, -0.05) is 48.4 Å². The lowest BCUT2D eigenvalue weighted by molar-refractivity contribution is -0.0495. The van der Waals surface area contributed by atoms with Crippen LogP contribution in [0.3, 0.4) is 0 Å². The van der Waals surface area contributed by atoms with Crippen molar-refractivity contribution in [1.29, 1.82) is 0 Å². The molecule has 0 bridgehead atoms. The van der Waals surface area contributed by atoms with Crippen molar-refractivity contribution in [3.8, 4) is 74.1 Å². The summed E-state index contributed by atoms with van der Waals surface area (Å²) >= 11 is 0. The third kappa shape index (κ3) is 15.0. The van der Waals surface area contributed by atoms with Gasteiger partial charge in [0.05, 0.1) is 0 Å². The molecule has 0 aliphatic rings. The predicted molar refractivity (Wildman–Crippen MR) is 184 cm³/mol. The number of rotatable bonds is 19. The van der Waals surface area contributed by atoms with E-state index in [1.54, 1.807) is 83.1 Å². The van der Waals surface area contributed by atoms with Gasteiger partial charge in [0.15, 0.2) is 0 Å². The first-order chi connectivity index (χ1) is 19.8. The lowest BCUT2D eigenvalue weighted by Crippen LogP contribution is -2.58. The molecule has 0 aromatic heterocycles. The molecule has 0 rings (SSSR count). The Labute approximate surface area is 272 Å². The summed E-state index contributed by atoms with van der Waals surface area (Å²) in [5, 5.41) is 0. The SMILES string of the molecule is C#CC(C)(C)O[Si](CCCCCC[Si](OC(C)(C)C#C)(OC(C)(C)C#C)OC(C)(C)C#C)(OC(C)(C)C#C)OC(C)(C)C#C. The Morgan fingerprint density at radius 3 is 0.636 bits per heavy atom. The summed E-state index contributed by atoms with van der Waals surface area (Å²) in [5.41, 5.74) is -5.86. The molecule has 0 aliphatic carbocycles. The summed E-state index contributed by atoms with van der Waals surface area (Å²) in [5.74, 6) is 16.0. The first-order valence-electron chi connectivity index (χ1n) is 14.9. The van der Waals surface area contributed by atoms with Gasteiger partial charge in [-0.25, -0.2) is 0 Å². The number of hydrogen-bond donors (Lipinski definition) is 0. The van der Waals surface area contributed by atoms with E-state index in [1.807, 2.05) is 0 Å². The van der Waals surface area contributed by atoms with E-state index in [0.717, 1.165) is 12.8 Å². The predicted octanol–water partition coefficient (Wildman–Crippen LogP) is 7.00. The molecule has 242 valence electrons. The van der Waals surface area contributed by atoms with Crippen LogP contribution in [0.5, 0.6) is 0 Å². The Kier molecular flexibility index (Phi) is 14.8. The van der Waals surface area contributed by atoms with Crippen molar-refractivity contribution >= 4 is 17.6 Å². The molecule has 0 spiro atoms. The van der Waals surface area contributed by atoms with Crippen LogP contribution in [-0.4, -0.2) is 51.2 Å². The van der Waals surface area contributed by atoms with Crippen LogP contribution >= 0.6 is 0 Å². The quantitative estimate of drug-likeness (QED) is 0.0864. The fourth-order valence-corrected chi connectivity index (χ4v) is 11.2. The number of terminal acetylenes is 6. The Bertz CT molecular complexity index is 981. The summed E-state index contributed by atoms with van der Waals surface area (Å²) in [6.07, 6.45) is 37.7. The average Bonchev–Trinajstić information content (AvgIpc) is 2.89. The Morgan fingerprint density at radius 1 is 0.341 bits per heavy atom. The van der Waals surface area contributed by atoms with Crippen molar-refractivity contribution in [3.63, 3.8) is 0 Å². The molecule has 0 aromatic carbocycles. The Hall–Kier alpha value is -2.45. The van der Waals surface area contributed by atoms with Gasteiger partial charge in [-0.05, 0) is 95.9 Å². The van der Waals surface area contributed by atoms with Gasteiger partial charge >= 0.3 is 17.6 Å². The first kappa shape index (κ1) is 41.6. The van der Waals surface area contributed by atoms with Gasteiger partial charge in [0.2, 0.25) is 0 Å². The highest BCUT2D eigenvalue weighted by molar-refractivity contribution is 6.61. The second kappa shape index (κ2) is 15.7. The zero-order chi connectivity index (χ0) is 34.7. The van der Waals surface area contributed by atoms with Crippen molar-refractivity contribution in [2.45, 2.75) is 154 Å². The molecular formula is C36H54O6Si2. The molecule has 0 fully saturated rings. The third-order valence-corrected chi connectivity index (χ3v) is 13.1. The maximum Gasteiger partial charge on any atom is 0.504 e. The van der Waals surface area contributed by atoms with E-state index in [-0.39, 0.29) is 0 Å². The normalized spacial score (nSPS) is 13.5. The average molecular weight is 639 g/mol. The molecule has 0 saturated heterocycles. The molecule has 44 heavy (non-hydrogen) atoms. The van der Waals surface area contributed by atoms with Gasteiger partial charge in [0, 0.05) is 12.1 Å². The van der Waals surface area contributed by atoms with E-state index in [9.17, 15) is 0 Å². The van der Waals surface area contributed by atoms with E-state index in [0.29, 0.717) is 24.9 Å². The van der Waals surface area contributed by atoms with E-state index in [1.165, 1.54) is 0 Å². The van der Waals surface area contributed by atoms with Crippen LogP contribution in [0.4, 0.5) is 0 Å². The Balaban J connectivity index is 6.18. The first-order valence-corrected chi connectivity index (χ1v) is 18.8. The minimum absolute atomic E-state index is 0.443. The monoisotopic (exact) mass is 638 g/mol. The summed E-state index contributed by atoms with van der Waals surface area (Å²) in [4.78, 5) is 0. The second-order valence-electron chi connectivity index (χ2n) is 13.8. The molecular weight excluding hydrogens is 585 g/mol. The summed E-state index contributed by atoms with van der Waals surface area (Å²) < 4.78 is 38.8. The zero-order valence-corrected chi connectivity index (χ0v) is 31.2. The van der Waals surface area contributed by atoms with Gasteiger partial charge in [0.1, 0.15) is 33.6 Å². The van der Waals surface area contributed by atoms with Crippen molar-refractivity contribution in [2.75, 3.05) is 0 Å². The maximum absolute atomic E-state index is 6.47. The highest BCUT2D eigenvalue weighted by atomic mass is 28.4. The van der Waals surface area contributed by atoms with Gasteiger partial charge in [0.25, 0.3) is 0 Å². The molecule has 0 aliphatic heterocycles. The van der Waals surface area contributed by atoms with Crippen molar-refractivity contribution < 1.29 is 26.6 Å². The minimum atomic E-state index is -3.53. The van der Waals surface area contributed by atoms with Gasteiger partial charge < -0.3 is 26.6 Å². The molecule has 0 atom stereocenters. The summed E-state index contributed by atoms with van der Waals surface area (Å²) in [6, 6.07) is 0.886. The molecule has 0 heterocycles. The molecule has 0 aromatic rings. The van der Waals surface area contributed by atoms with E-state index in [2.05, 4.69) is 35.5 Å². The molecule has 0 unspecified atom stereocenters. The standard InChI is InChI=1S/C36H54O6Si2/c1-19-31(7,8)37-43(38-32(9,10)20-2,39-33(11,12)21-3)29-27-25-26-28-30-44(40-34(13,14)22-4,41-35(15,16)23-5)42-36(17,18)24-6/h1-6H,25-30H2,7-18H3. The maximum atomic E-state index is 6.47. The van der Waals surface area contributed by atoms with Crippen molar-refractivity contribution in [1.82, 2.24) is 0 Å². The van der Waals surface area contributed by atoms with Crippen molar-refractivity contribution in [3.05, 3.63) is 0 Å². The Morgan fingerprint density at radius 2 is 0.500 bits per heavy atom. The van der Waals surface area contributed by atoms with Crippen LogP contribution in [0.2, 0.25) is 12.1 Å². The van der Waals surface area contributed by atoms with E-state index >= 15 is 0 Å². The molecule has 0 saturated carbocycles. The lowest BCUT2D eigenvalue weighted by Gasteiger charge is -2.42. The van der Waals surface area contributed by atoms with Crippen LogP contribution < -0.4 is 0 Å². The molecule has 0 amide bonds. The van der Waals surface area contributed by atoms with Gasteiger partial charge in [-0.15, -0.1) is 38.5 Å². The molecule has 6 nitrogen and oxygen atoms in total. The molecule has 0 N–H and O–H groups in total. The highest BCUT2D eigenvalue weighted by Gasteiger charge is 2.53. The fourth-order valence-electron chi connectivity index (χ4n) is 3.98. The number of unbranched alkanes of at least 4 members (excludes halogenated alkanes) is 3. The molecule has 8 heteroatoms. The second-order valence-corrected chi connectivity index (χ2v) is 18.8. The van der Waals surface area contributed by atoms with Crippen LogP contribution in [0, 0.1) is 74.1 Å². The summed E-state index contributed by atoms with van der Waals surface area (Å²) in [7, 11) is -7.06. The molecule has 0 radical (unpaired) electrons. The van der Waals surface area contributed by atoms with E-state index in [4.69, 9.17) is 65.1 Å². The van der Waals surface area contributed by atoms with Crippen LogP contribution in [-0.2, 0) is 26.6 Å². The van der Waals surface area contributed by atoms with Gasteiger partial charge in [-0.2, -0.15) is 0 Å². The van der Waals surface area contributed by atoms with Crippen molar-refractivity contribution in [2.24, 2.45) is 0 Å². The van der Waals surface area contributed by atoms with E-state index < -0.39 is 51.2 Å². The third-order valence-electron chi connectivity index (χ3n) is 6.27. The highest BCUT2D eigenvalue weighted by Crippen LogP contribution is 2.35. The van der Waals surface area contributed by atoms with Crippen LogP contribution in [0.1, 0.15) is 109 Å². The van der Waals surface area contributed by atoms with Gasteiger partial charge in [-0.3, -0.25) is 0 Å². The van der Waals surface area contributed by atoms with Crippen LogP contribution in [0.25, 0.3) is 0 Å². The number of hydrogen-bond acceptors (Lipinski definition) is 6. The smallest absolute Gasteiger partial charge is 0.357 e. The summed E-state index contributed by atoms with van der Waals surface area (Å²) in [6.45, 7) is 21.4.